The van der Waals surface area contributed by atoms with Crippen molar-refractivity contribution >= 4 is 17.7 Å². The summed E-state index contributed by atoms with van der Waals surface area (Å²) >= 11 is 1.71. The molecule has 242 valence electrons. The second-order valence-electron chi connectivity index (χ2n) is 17.2. The van der Waals surface area contributed by atoms with Gasteiger partial charge in [0.1, 0.15) is 12.1 Å². The van der Waals surface area contributed by atoms with Gasteiger partial charge in [-0.15, -0.1) is 0 Å². The van der Waals surface area contributed by atoms with E-state index >= 15 is 0 Å². The number of esters is 1. The molecule has 5 rings (SSSR count). The van der Waals surface area contributed by atoms with Crippen molar-refractivity contribution in [3.05, 3.63) is 0 Å². The minimum absolute atomic E-state index is 0.0324. The zero-order valence-electron chi connectivity index (χ0n) is 28.0. The molecule has 6 nitrogen and oxygen atoms in total. The van der Waals surface area contributed by atoms with E-state index in [9.17, 15) is 15.0 Å². The molecule has 4 aliphatic carbocycles. The number of ether oxygens (including phenoxy) is 2. The molecule has 4 N–H and O–H groups in total. The summed E-state index contributed by atoms with van der Waals surface area (Å²) < 4.78 is 12.9. The summed E-state index contributed by atoms with van der Waals surface area (Å²) in [5.41, 5.74) is 5.13. The summed E-state index contributed by atoms with van der Waals surface area (Å²) in [7, 11) is 0. The van der Waals surface area contributed by atoms with Crippen LogP contribution in [-0.2, 0) is 14.3 Å². The number of carbonyl (C=O) groups excluding carboxylic acids is 1. The van der Waals surface area contributed by atoms with E-state index in [1.807, 2.05) is 20.1 Å². The number of nitrogens with two attached hydrogens (primary N) is 1. The van der Waals surface area contributed by atoms with Gasteiger partial charge >= 0.3 is 5.97 Å². The highest BCUT2D eigenvalue weighted by atomic mass is 32.2. The first kappa shape index (κ1) is 33.0. The summed E-state index contributed by atoms with van der Waals surface area (Å²) in [4.78, 5) is 13.0. The van der Waals surface area contributed by atoms with Gasteiger partial charge in [-0.05, 0) is 137 Å². The third-order valence-electron chi connectivity index (χ3n) is 14.4. The summed E-state index contributed by atoms with van der Waals surface area (Å²) in [6.07, 6.45) is 11.1. The topological polar surface area (TPSA) is 102 Å². The summed E-state index contributed by atoms with van der Waals surface area (Å²) in [6, 6.07) is -0.554. The number of hydrogen-bond acceptors (Lipinski definition) is 7. The summed E-state index contributed by atoms with van der Waals surface area (Å²) in [5, 5.41) is 22.8. The molecule has 0 bridgehead atoms. The van der Waals surface area contributed by atoms with E-state index in [1.54, 1.807) is 11.8 Å². The van der Waals surface area contributed by atoms with Crippen molar-refractivity contribution in [1.29, 1.82) is 0 Å². The lowest BCUT2D eigenvalue weighted by Gasteiger charge is -2.70. The number of carbonyl (C=O) groups is 1. The summed E-state index contributed by atoms with van der Waals surface area (Å²) in [5.74, 6) is 1.96. The van der Waals surface area contributed by atoms with Gasteiger partial charge in [0.2, 0.25) is 0 Å². The van der Waals surface area contributed by atoms with Gasteiger partial charge in [-0.1, -0.05) is 34.6 Å². The lowest BCUT2D eigenvalue weighted by atomic mass is 9.35. The number of thioether (sulfide) groups is 1. The highest BCUT2D eigenvalue weighted by Crippen LogP contribution is 2.76. The van der Waals surface area contributed by atoms with E-state index in [2.05, 4.69) is 41.5 Å². The molecule has 0 radical (unpaired) electrons. The van der Waals surface area contributed by atoms with Gasteiger partial charge in [-0.2, -0.15) is 11.8 Å². The average Bonchev–Trinajstić information content (AvgIpc) is 3.48. The Balaban J connectivity index is 1.38. The van der Waals surface area contributed by atoms with Crippen LogP contribution < -0.4 is 5.73 Å². The van der Waals surface area contributed by atoms with Crippen molar-refractivity contribution in [1.82, 2.24) is 0 Å². The maximum Gasteiger partial charge on any atom is 0.323 e. The van der Waals surface area contributed by atoms with Crippen LogP contribution in [0.4, 0.5) is 0 Å². The zero-order valence-corrected chi connectivity index (χ0v) is 28.8. The number of aliphatic hydroxyl groups excluding tert-OH is 1. The predicted octanol–water partition coefficient (Wildman–Crippen LogP) is 6.34. The molecule has 1 aliphatic heterocycles. The van der Waals surface area contributed by atoms with Gasteiger partial charge in [-0.25, -0.2) is 0 Å². The monoisotopic (exact) mass is 607 g/mol. The minimum Gasteiger partial charge on any atom is -0.461 e. The molecule has 0 spiro atoms. The molecule has 7 heteroatoms. The predicted molar refractivity (Wildman–Crippen MR) is 170 cm³/mol. The van der Waals surface area contributed by atoms with Crippen LogP contribution in [0.25, 0.3) is 0 Å². The molecule has 0 aromatic carbocycles. The van der Waals surface area contributed by atoms with Crippen molar-refractivity contribution in [3.63, 3.8) is 0 Å². The second-order valence-corrected chi connectivity index (χ2v) is 18.2. The Morgan fingerprint density at radius 2 is 1.67 bits per heavy atom. The van der Waals surface area contributed by atoms with Crippen LogP contribution in [0.3, 0.4) is 0 Å². The molecule has 5 aliphatic rings. The molecule has 1 saturated heterocycles. The van der Waals surface area contributed by atoms with Gasteiger partial charge in [0.25, 0.3) is 0 Å². The van der Waals surface area contributed by atoms with E-state index in [0.717, 1.165) is 63.5 Å². The first-order valence-electron chi connectivity index (χ1n) is 16.9. The minimum atomic E-state index is -0.853. The lowest BCUT2D eigenvalue weighted by molar-refractivity contribution is -0.251. The molecule has 5 fully saturated rings. The summed E-state index contributed by atoms with van der Waals surface area (Å²) in [6.45, 7) is 18.2. The van der Waals surface area contributed by atoms with Crippen LogP contribution in [0.5, 0.6) is 0 Å². The van der Waals surface area contributed by atoms with E-state index in [0.29, 0.717) is 24.2 Å². The van der Waals surface area contributed by atoms with E-state index in [-0.39, 0.29) is 57.5 Å². The van der Waals surface area contributed by atoms with E-state index in [4.69, 9.17) is 15.2 Å². The Hall–Kier alpha value is -0.340. The van der Waals surface area contributed by atoms with Crippen LogP contribution in [0.1, 0.15) is 120 Å². The second kappa shape index (κ2) is 10.9. The normalized spacial score (nSPS) is 49.1. The Labute approximate surface area is 260 Å². The van der Waals surface area contributed by atoms with Gasteiger partial charge in [0, 0.05) is 5.41 Å². The molecular weight excluding hydrogens is 546 g/mol. The number of hydrogen-bond donors (Lipinski definition) is 3. The van der Waals surface area contributed by atoms with Crippen LogP contribution >= 0.6 is 11.8 Å². The van der Waals surface area contributed by atoms with E-state index < -0.39 is 11.6 Å². The smallest absolute Gasteiger partial charge is 0.323 e. The molecule has 0 unspecified atom stereocenters. The molecular formula is C35H61NO5S. The Bertz CT molecular complexity index is 1030. The Kier molecular flexibility index (Phi) is 8.56. The van der Waals surface area contributed by atoms with E-state index in [1.165, 1.54) is 0 Å². The van der Waals surface area contributed by atoms with Crippen LogP contribution in [-0.4, -0.2) is 63.7 Å². The fraction of sp³-hybridized carbons (Fsp3) is 0.971. The fourth-order valence-electron chi connectivity index (χ4n) is 11.9. The maximum atomic E-state index is 13.0. The quantitative estimate of drug-likeness (QED) is 0.290. The van der Waals surface area contributed by atoms with Gasteiger partial charge in [0.15, 0.2) is 0 Å². The van der Waals surface area contributed by atoms with Gasteiger partial charge in [-0.3, -0.25) is 4.79 Å². The van der Waals surface area contributed by atoms with Crippen molar-refractivity contribution in [3.8, 4) is 0 Å². The number of fused-ring (bicyclic) bond motifs is 5. The molecule has 0 amide bonds. The molecule has 0 aromatic heterocycles. The first-order valence-corrected chi connectivity index (χ1v) is 18.3. The van der Waals surface area contributed by atoms with Gasteiger partial charge in [0.05, 0.1) is 23.4 Å². The first-order chi connectivity index (χ1) is 19.3. The SMILES string of the molecule is CSCC[C@H](N)C(=O)O[C@H]1CC[C@]2(C)[C@H]3C[C@@H](O)[C@@H]4[C@@H]([C@]5(C)CC[C@@H](C(C)(C)O)O5)CC[C@@]4(C)[C@]3(C)CC[C@H]2C1(C)C. The molecule has 12 atom stereocenters. The lowest BCUT2D eigenvalue weighted by Crippen LogP contribution is -2.66. The van der Waals surface area contributed by atoms with Crippen LogP contribution in [0, 0.1) is 45.3 Å². The highest BCUT2D eigenvalue weighted by molar-refractivity contribution is 7.98. The largest absolute Gasteiger partial charge is 0.461 e. The maximum absolute atomic E-state index is 13.0. The van der Waals surface area contributed by atoms with Crippen LogP contribution in [0.15, 0.2) is 0 Å². The van der Waals surface area contributed by atoms with Crippen molar-refractivity contribution in [2.45, 2.75) is 155 Å². The average molecular weight is 608 g/mol. The van der Waals surface area contributed by atoms with Crippen molar-refractivity contribution in [2.75, 3.05) is 12.0 Å². The highest BCUT2D eigenvalue weighted by Gasteiger charge is 2.72. The third kappa shape index (κ3) is 4.93. The molecule has 0 aromatic rings. The van der Waals surface area contributed by atoms with Crippen molar-refractivity contribution in [2.24, 2.45) is 51.1 Å². The number of aliphatic hydroxyl groups is 2. The molecule has 4 saturated carbocycles. The van der Waals surface area contributed by atoms with Gasteiger partial charge < -0.3 is 25.4 Å². The third-order valence-corrected chi connectivity index (χ3v) is 15.1. The molecule has 42 heavy (non-hydrogen) atoms. The van der Waals surface area contributed by atoms with Crippen LogP contribution in [0.2, 0.25) is 0 Å². The number of rotatable bonds is 7. The Morgan fingerprint density at radius 3 is 2.29 bits per heavy atom. The Morgan fingerprint density at radius 1 is 1.00 bits per heavy atom. The zero-order chi connectivity index (χ0) is 31.1. The standard InChI is InChI=1S/C35H61NO5S/c1-30(2)24-11-17-33(6)25(32(24,5)15-12-26(30)40-29(38)22(36)14-19-42-9)20-23(37)28-21(10-16-34(28,33)7)35(8)18-13-27(41-35)31(3,4)39/h21-28,37,39H,10-20,36H2,1-9H3/t21-,22-,23+,24-,25+,26-,27-,28-,32-,33+,34+,35-/m0/s1. The molecule has 1 heterocycles. The van der Waals surface area contributed by atoms with Crippen molar-refractivity contribution < 1.29 is 24.5 Å². The fourth-order valence-corrected chi connectivity index (χ4v) is 12.3.